The van der Waals surface area contributed by atoms with Gasteiger partial charge in [0.15, 0.2) is 5.84 Å². The maximum absolute atomic E-state index is 14.6. The van der Waals surface area contributed by atoms with Crippen molar-refractivity contribution >= 4 is 47.9 Å². The smallest absolute Gasteiger partial charge is 0.287 e. The number of thiophene rings is 1. The largest absolute Gasteiger partial charge is 0.511 e. The standard InChI is InChI=1S/C25H25F2N3O6S3/c1-38(33,34)7-6-15-11-37-24-22(15)39(35,36)29-23(28-24)19-21(31)18-12-2-3-13(8-12)20(18)30(25(19)32)10-14-4-5-16(26)9-17(14)27/h4-5,9,11-13,18,20,31H,2-3,6-8,10H2,1H3,(H,28,29)/t12-,13+,18?,20?/m0/s1. The number of carbonyl (C=O) groups excluding carboxylic acids is 1. The molecule has 1 aromatic carbocycles. The van der Waals surface area contributed by atoms with E-state index in [4.69, 9.17) is 0 Å². The molecule has 0 saturated heterocycles. The summed E-state index contributed by atoms with van der Waals surface area (Å²) in [7, 11) is -7.68. The van der Waals surface area contributed by atoms with E-state index >= 15 is 0 Å². The van der Waals surface area contributed by atoms with Gasteiger partial charge in [0.2, 0.25) is 0 Å². The van der Waals surface area contributed by atoms with E-state index in [9.17, 15) is 35.5 Å². The van der Waals surface area contributed by atoms with Crippen LogP contribution >= 0.6 is 11.3 Å². The summed E-state index contributed by atoms with van der Waals surface area (Å²) in [4.78, 5) is 15.2. The molecule has 9 nitrogen and oxygen atoms in total. The number of halogens is 2. The molecular weight excluding hydrogens is 572 g/mol. The second-order valence-corrected chi connectivity index (χ2v) is 15.3. The van der Waals surface area contributed by atoms with Crippen molar-refractivity contribution in [3.8, 4) is 0 Å². The summed E-state index contributed by atoms with van der Waals surface area (Å²) in [6.45, 7) is -0.175. The number of aliphatic hydroxyl groups excluding tert-OH is 1. The minimum atomic E-state index is -4.34. The predicted octanol–water partition coefficient (Wildman–Crippen LogP) is 3.40. The molecule has 208 valence electrons. The number of aryl methyl sites for hydroxylation is 1. The molecule has 1 amide bonds. The SMILES string of the molecule is CS(=O)(=O)CCc1csc2c1S(=O)(=O)N=C(C1=C(O)C3C([C@@H]4CC[C@H]3C4)N(Cc3ccc(F)cc3F)C1=O)N2. The second-order valence-electron chi connectivity index (χ2n) is 10.6. The van der Waals surface area contributed by atoms with Gasteiger partial charge in [0.05, 0.1) is 5.75 Å². The molecule has 6 rings (SSSR count). The highest BCUT2D eigenvalue weighted by atomic mass is 32.2. The summed E-state index contributed by atoms with van der Waals surface area (Å²) in [5.41, 5.74) is 0.117. The van der Waals surface area contributed by atoms with Gasteiger partial charge in [-0.2, -0.15) is 8.42 Å². The first-order valence-electron chi connectivity index (χ1n) is 12.4. The number of anilines is 1. The Morgan fingerprint density at radius 1 is 1.21 bits per heavy atom. The number of rotatable bonds is 6. The number of benzene rings is 1. The third kappa shape index (κ3) is 4.45. The molecule has 2 unspecified atom stereocenters. The summed E-state index contributed by atoms with van der Waals surface area (Å²) in [5, 5.41) is 16.0. The van der Waals surface area contributed by atoms with E-state index in [0.717, 1.165) is 49.0 Å². The first-order chi connectivity index (χ1) is 18.3. The number of aliphatic hydroxyl groups is 1. The Balaban J connectivity index is 1.40. The van der Waals surface area contributed by atoms with Crippen molar-refractivity contribution in [3.63, 3.8) is 0 Å². The number of amides is 1. The molecule has 3 heterocycles. The Kier molecular flexibility index (Phi) is 6.15. The molecule has 2 aliphatic heterocycles. The monoisotopic (exact) mass is 597 g/mol. The topological polar surface area (TPSA) is 133 Å². The fourth-order valence-corrected chi connectivity index (χ4v) is 9.77. The summed E-state index contributed by atoms with van der Waals surface area (Å²) in [6.07, 6.45) is 3.51. The van der Waals surface area contributed by atoms with Crippen molar-refractivity contribution in [2.75, 3.05) is 17.3 Å². The lowest BCUT2D eigenvalue weighted by Crippen LogP contribution is -2.53. The molecule has 2 fully saturated rings. The van der Waals surface area contributed by atoms with Crippen LogP contribution in [0.25, 0.3) is 0 Å². The van der Waals surface area contributed by atoms with Crippen LogP contribution in [0, 0.1) is 29.4 Å². The molecule has 4 atom stereocenters. The maximum atomic E-state index is 14.6. The van der Waals surface area contributed by atoms with Gasteiger partial charge in [-0.25, -0.2) is 17.2 Å². The normalized spacial score (nSPS) is 27.3. The Bertz CT molecular complexity index is 1680. The summed E-state index contributed by atoms with van der Waals surface area (Å²) >= 11 is 1.03. The van der Waals surface area contributed by atoms with Crippen molar-refractivity contribution < 1.29 is 35.5 Å². The van der Waals surface area contributed by atoms with E-state index in [0.29, 0.717) is 5.56 Å². The van der Waals surface area contributed by atoms with Gasteiger partial charge in [-0.15, -0.1) is 15.7 Å². The molecule has 0 spiro atoms. The van der Waals surface area contributed by atoms with Gasteiger partial charge in [0.25, 0.3) is 15.9 Å². The first-order valence-corrected chi connectivity index (χ1v) is 16.8. The molecule has 2 aliphatic carbocycles. The molecule has 2 bridgehead atoms. The van der Waals surface area contributed by atoms with Gasteiger partial charge in [-0.05, 0) is 54.5 Å². The number of amidine groups is 1. The van der Waals surface area contributed by atoms with Crippen LogP contribution in [0.4, 0.5) is 13.8 Å². The highest BCUT2D eigenvalue weighted by Gasteiger charge is 2.57. The van der Waals surface area contributed by atoms with Gasteiger partial charge < -0.3 is 15.3 Å². The number of hydrogen-bond acceptors (Lipinski definition) is 8. The zero-order valence-electron chi connectivity index (χ0n) is 20.7. The van der Waals surface area contributed by atoms with Gasteiger partial charge in [-0.3, -0.25) is 4.79 Å². The number of fused-ring (bicyclic) bond motifs is 6. The average molecular weight is 598 g/mol. The van der Waals surface area contributed by atoms with Gasteiger partial charge >= 0.3 is 0 Å². The molecule has 4 aliphatic rings. The number of nitrogens with one attached hydrogen (secondary N) is 1. The number of nitrogens with zero attached hydrogens (tertiary/aromatic N) is 2. The second kappa shape index (κ2) is 9.10. The van der Waals surface area contributed by atoms with Gasteiger partial charge in [-0.1, -0.05) is 6.07 Å². The van der Waals surface area contributed by atoms with Crippen molar-refractivity contribution in [2.24, 2.45) is 22.2 Å². The Morgan fingerprint density at radius 2 is 1.95 bits per heavy atom. The molecule has 0 radical (unpaired) electrons. The third-order valence-corrected chi connectivity index (χ3v) is 11.6. The highest BCUT2D eigenvalue weighted by Crippen LogP contribution is 2.55. The highest BCUT2D eigenvalue weighted by molar-refractivity contribution is 7.91. The predicted molar refractivity (Wildman–Crippen MR) is 141 cm³/mol. The first kappa shape index (κ1) is 26.4. The van der Waals surface area contributed by atoms with Crippen LogP contribution in [-0.2, 0) is 37.6 Å². The number of carbonyl (C=O) groups is 1. The molecule has 1 aromatic heterocycles. The van der Waals surface area contributed by atoms with E-state index in [2.05, 4.69) is 9.71 Å². The molecule has 2 N–H and O–H groups in total. The summed E-state index contributed by atoms with van der Waals surface area (Å²) < 4.78 is 81.8. The lowest BCUT2D eigenvalue weighted by Gasteiger charge is -2.44. The van der Waals surface area contributed by atoms with Crippen LogP contribution in [0.1, 0.15) is 30.4 Å². The molecule has 14 heteroatoms. The zero-order chi connectivity index (χ0) is 27.9. The van der Waals surface area contributed by atoms with E-state index in [1.54, 1.807) is 0 Å². The fourth-order valence-electron chi connectivity index (χ4n) is 6.51. The van der Waals surface area contributed by atoms with Gasteiger partial charge in [0, 0.05) is 36.4 Å². The van der Waals surface area contributed by atoms with Crippen molar-refractivity contribution in [1.29, 1.82) is 0 Å². The lowest BCUT2D eigenvalue weighted by atomic mass is 9.77. The number of hydrogen-bond donors (Lipinski definition) is 2. The summed E-state index contributed by atoms with van der Waals surface area (Å²) in [6, 6.07) is 2.73. The number of sulfone groups is 1. The minimum absolute atomic E-state index is 0.0207. The Labute approximate surface area is 228 Å². The zero-order valence-corrected chi connectivity index (χ0v) is 23.2. The van der Waals surface area contributed by atoms with Crippen molar-refractivity contribution in [2.45, 2.75) is 43.2 Å². The van der Waals surface area contributed by atoms with Crippen LogP contribution in [0.5, 0.6) is 0 Å². The maximum Gasteiger partial charge on any atom is 0.287 e. The minimum Gasteiger partial charge on any atom is -0.511 e. The van der Waals surface area contributed by atoms with Crippen LogP contribution < -0.4 is 5.32 Å². The van der Waals surface area contributed by atoms with Crippen LogP contribution in [0.15, 0.2) is 44.2 Å². The Hall–Kier alpha value is -2.84. The average Bonchev–Trinajstić information content (AvgIpc) is 3.56. The van der Waals surface area contributed by atoms with Crippen molar-refractivity contribution in [3.05, 3.63) is 57.7 Å². The van der Waals surface area contributed by atoms with E-state index in [1.807, 2.05) is 0 Å². The molecule has 2 saturated carbocycles. The lowest BCUT2D eigenvalue weighted by molar-refractivity contribution is -0.134. The number of sulfonamides is 1. The van der Waals surface area contributed by atoms with E-state index < -0.39 is 49.4 Å². The molecule has 39 heavy (non-hydrogen) atoms. The molecular formula is C25H25F2N3O6S3. The molecule has 2 aromatic rings. The van der Waals surface area contributed by atoms with Crippen LogP contribution in [0.3, 0.4) is 0 Å². The van der Waals surface area contributed by atoms with E-state index in [-0.39, 0.29) is 63.2 Å². The van der Waals surface area contributed by atoms with Crippen LogP contribution in [0.2, 0.25) is 0 Å². The quantitative estimate of drug-likeness (QED) is 0.522. The summed E-state index contributed by atoms with van der Waals surface area (Å²) in [5.74, 6) is -3.32. The fraction of sp³-hybridized carbons (Fsp3) is 0.440. The Morgan fingerprint density at radius 3 is 2.67 bits per heavy atom. The van der Waals surface area contributed by atoms with Gasteiger partial charge in [0.1, 0.15) is 42.7 Å². The van der Waals surface area contributed by atoms with Crippen molar-refractivity contribution in [1.82, 2.24) is 4.90 Å². The van der Waals surface area contributed by atoms with E-state index in [1.165, 1.54) is 16.3 Å². The third-order valence-electron chi connectivity index (χ3n) is 8.13. The van der Waals surface area contributed by atoms with Crippen LogP contribution in [-0.4, -0.2) is 56.6 Å².